The molecular weight excluding hydrogens is 362 g/mol. The smallest absolute Gasteiger partial charge is 0.255 e. The van der Waals surface area contributed by atoms with Gasteiger partial charge in [-0.25, -0.2) is 0 Å². The van der Waals surface area contributed by atoms with Crippen molar-refractivity contribution in [3.63, 3.8) is 0 Å². The zero-order chi connectivity index (χ0) is 18.9. The van der Waals surface area contributed by atoms with Crippen molar-refractivity contribution in [2.75, 3.05) is 13.1 Å². The van der Waals surface area contributed by atoms with Crippen molar-refractivity contribution >= 4 is 23.4 Å². The Bertz CT molecular complexity index is 848. The summed E-state index contributed by atoms with van der Waals surface area (Å²) in [6.45, 7) is 1.16. The Labute approximate surface area is 163 Å². The summed E-state index contributed by atoms with van der Waals surface area (Å²) in [6.07, 6.45) is 2.02. The summed E-state index contributed by atoms with van der Waals surface area (Å²) in [5, 5.41) is 7.10. The van der Waals surface area contributed by atoms with Gasteiger partial charge < -0.3 is 10.2 Å². The average Bonchev–Trinajstić information content (AvgIpc) is 2.98. The van der Waals surface area contributed by atoms with Crippen molar-refractivity contribution < 1.29 is 9.59 Å². The summed E-state index contributed by atoms with van der Waals surface area (Å²) < 4.78 is 0. The van der Waals surface area contributed by atoms with Crippen LogP contribution in [0.5, 0.6) is 0 Å². The Hall–Kier alpha value is -2.37. The lowest BCUT2D eigenvalue weighted by atomic mass is 9.96. The standard InChI is InChI=1S/C21H22ClN3O2/c22-17-9-5-4-8-16(17)20(27)25-12-10-21(11-13-25)23-18(19(26)24-21)14-15-6-2-1-3-7-15/h1-9,18,23H,10-14H2,(H,24,26). The summed E-state index contributed by atoms with van der Waals surface area (Å²) >= 11 is 6.16. The Morgan fingerprint density at radius 2 is 1.74 bits per heavy atom. The number of nitrogens with one attached hydrogen (secondary N) is 2. The van der Waals surface area contributed by atoms with Crippen LogP contribution in [-0.2, 0) is 11.2 Å². The zero-order valence-electron chi connectivity index (χ0n) is 15.0. The number of piperidine rings is 1. The van der Waals surface area contributed by atoms with Gasteiger partial charge in [-0.1, -0.05) is 54.1 Å². The molecule has 27 heavy (non-hydrogen) atoms. The number of carbonyl (C=O) groups is 2. The van der Waals surface area contributed by atoms with E-state index in [9.17, 15) is 9.59 Å². The lowest BCUT2D eigenvalue weighted by Gasteiger charge is -2.39. The van der Waals surface area contributed by atoms with E-state index in [0.717, 1.165) is 5.56 Å². The van der Waals surface area contributed by atoms with Crippen LogP contribution in [0.15, 0.2) is 54.6 Å². The van der Waals surface area contributed by atoms with Gasteiger partial charge >= 0.3 is 0 Å². The van der Waals surface area contributed by atoms with Crippen molar-refractivity contribution in [3.8, 4) is 0 Å². The molecule has 2 aliphatic heterocycles. The molecule has 2 amide bonds. The second-order valence-electron chi connectivity index (χ2n) is 7.23. The number of benzene rings is 2. The van der Waals surface area contributed by atoms with Crippen molar-refractivity contribution in [1.29, 1.82) is 0 Å². The largest absolute Gasteiger partial charge is 0.338 e. The summed E-state index contributed by atoms with van der Waals surface area (Å²) in [5.41, 5.74) is 1.24. The van der Waals surface area contributed by atoms with Crippen LogP contribution in [0.4, 0.5) is 0 Å². The lowest BCUT2D eigenvalue weighted by Crippen LogP contribution is -2.58. The third-order valence-corrected chi connectivity index (χ3v) is 5.75. The maximum absolute atomic E-state index is 12.7. The Morgan fingerprint density at radius 1 is 1.07 bits per heavy atom. The highest BCUT2D eigenvalue weighted by molar-refractivity contribution is 6.33. The minimum Gasteiger partial charge on any atom is -0.338 e. The first kappa shape index (κ1) is 18.0. The second-order valence-corrected chi connectivity index (χ2v) is 7.64. The van der Waals surface area contributed by atoms with Crippen molar-refractivity contribution in [1.82, 2.24) is 15.5 Å². The molecule has 2 aliphatic rings. The molecule has 2 heterocycles. The van der Waals surface area contributed by atoms with Crippen LogP contribution in [0, 0.1) is 0 Å². The Kier molecular flexibility index (Phi) is 4.89. The van der Waals surface area contributed by atoms with Gasteiger partial charge in [-0.05, 0) is 24.1 Å². The number of hydrogen-bond donors (Lipinski definition) is 2. The van der Waals surface area contributed by atoms with E-state index < -0.39 is 5.66 Å². The minimum absolute atomic E-state index is 0.0322. The van der Waals surface area contributed by atoms with Crippen molar-refractivity contribution in [2.24, 2.45) is 0 Å². The number of halogens is 1. The molecule has 0 saturated carbocycles. The van der Waals surface area contributed by atoms with Crippen LogP contribution in [-0.4, -0.2) is 41.5 Å². The second kappa shape index (κ2) is 7.33. The predicted octanol–water partition coefficient (Wildman–Crippen LogP) is 2.60. The third kappa shape index (κ3) is 3.70. The molecule has 2 saturated heterocycles. The fraction of sp³-hybridized carbons (Fsp3) is 0.333. The van der Waals surface area contributed by atoms with Gasteiger partial charge in [-0.15, -0.1) is 0 Å². The fourth-order valence-electron chi connectivity index (χ4n) is 3.92. The van der Waals surface area contributed by atoms with Crippen LogP contribution < -0.4 is 10.6 Å². The van der Waals surface area contributed by atoms with Crippen molar-refractivity contribution in [3.05, 3.63) is 70.7 Å². The van der Waals surface area contributed by atoms with E-state index in [-0.39, 0.29) is 17.9 Å². The topological polar surface area (TPSA) is 61.4 Å². The molecule has 140 valence electrons. The lowest BCUT2D eigenvalue weighted by molar-refractivity contribution is -0.121. The molecule has 1 spiro atoms. The monoisotopic (exact) mass is 383 g/mol. The quantitative estimate of drug-likeness (QED) is 0.856. The van der Waals surface area contributed by atoms with E-state index in [2.05, 4.69) is 10.6 Å². The van der Waals surface area contributed by atoms with Gasteiger partial charge in [0.15, 0.2) is 0 Å². The van der Waals surface area contributed by atoms with Gasteiger partial charge in [-0.3, -0.25) is 14.9 Å². The minimum atomic E-state index is -0.423. The van der Waals surface area contributed by atoms with Crippen molar-refractivity contribution in [2.45, 2.75) is 31.0 Å². The van der Waals surface area contributed by atoms with E-state index in [1.807, 2.05) is 47.4 Å². The average molecular weight is 384 g/mol. The molecule has 1 unspecified atom stereocenters. The SMILES string of the molecule is O=C1NC2(CCN(C(=O)c3ccccc3Cl)CC2)NC1Cc1ccccc1. The molecule has 0 aromatic heterocycles. The first-order valence-corrected chi connectivity index (χ1v) is 9.62. The highest BCUT2D eigenvalue weighted by Crippen LogP contribution is 2.27. The molecule has 2 aromatic rings. The predicted molar refractivity (Wildman–Crippen MR) is 105 cm³/mol. The molecule has 2 fully saturated rings. The van der Waals surface area contributed by atoms with Gasteiger partial charge in [0.25, 0.3) is 5.91 Å². The number of amides is 2. The molecule has 2 N–H and O–H groups in total. The van der Waals surface area contributed by atoms with Crippen LogP contribution in [0.25, 0.3) is 0 Å². The summed E-state index contributed by atoms with van der Waals surface area (Å²) in [4.78, 5) is 27.0. The molecule has 1 atom stereocenters. The maximum atomic E-state index is 12.7. The van der Waals surface area contributed by atoms with Gasteiger partial charge in [0.1, 0.15) is 0 Å². The first-order chi connectivity index (χ1) is 13.1. The Morgan fingerprint density at radius 3 is 2.44 bits per heavy atom. The highest BCUT2D eigenvalue weighted by atomic mass is 35.5. The van der Waals surface area contributed by atoms with Crippen LogP contribution in [0.2, 0.25) is 5.02 Å². The summed E-state index contributed by atoms with van der Waals surface area (Å²) in [7, 11) is 0. The Balaban J connectivity index is 1.39. The first-order valence-electron chi connectivity index (χ1n) is 9.24. The highest BCUT2D eigenvalue weighted by Gasteiger charge is 2.45. The van der Waals surface area contributed by atoms with Crippen LogP contribution in [0.1, 0.15) is 28.8 Å². The van der Waals surface area contributed by atoms with E-state index in [0.29, 0.717) is 42.9 Å². The number of carbonyl (C=O) groups excluding carboxylic acids is 2. The van der Waals surface area contributed by atoms with E-state index in [1.54, 1.807) is 12.1 Å². The molecule has 0 bridgehead atoms. The van der Waals surface area contributed by atoms with E-state index >= 15 is 0 Å². The van der Waals surface area contributed by atoms with Gasteiger partial charge in [-0.2, -0.15) is 0 Å². The zero-order valence-corrected chi connectivity index (χ0v) is 15.7. The number of rotatable bonds is 3. The molecule has 2 aromatic carbocycles. The molecule has 0 aliphatic carbocycles. The van der Waals surface area contributed by atoms with Gasteiger partial charge in [0, 0.05) is 25.9 Å². The van der Waals surface area contributed by atoms with Crippen LogP contribution >= 0.6 is 11.6 Å². The van der Waals surface area contributed by atoms with E-state index in [4.69, 9.17) is 11.6 Å². The molecule has 5 nitrogen and oxygen atoms in total. The molecular formula is C21H22ClN3O2. The van der Waals surface area contributed by atoms with Gasteiger partial charge in [0.05, 0.1) is 22.3 Å². The number of likely N-dealkylation sites (tertiary alicyclic amines) is 1. The van der Waals surface area contributed by atoms with E-state index in [1.165, 1.54) is 0 Å². The summed E-state index contributed by atoms with van der Waals surface area (Å²) in [5.74, 6) is -0.0228. The molecule has 0 radical (unpaired) electrons. The summed E-state index contributed by atoms with van der Waals surface area (Å²) in [6, 6.07) is 16.9. The van der Waals surface area contributed by atoms with Gasteiger partial charge in [0.2, 0.25) is 5.91 Å². The molecule has 4 rings (SSSR count). The normalized spacial score (nSPS) is 21.3. The number of hydrogen-bond acceptors (Lipinski definition) is 3. The fourth-order valence-corrected chi connectivity index (χ4v) is 4.13. The molecule has 6 heteroatoms. The third-order valence-electron chi connectivity index (χ3n) is 5.42. The maximum Gasteiger partial charge on any atom is 0.255 e. The van der Waals surface area contributed by atoms with Crippen LogP contribution in [0.3, 0.4) is 0 Å². The number of nitrogens with zero attached hydrogens (tertiary/aromatic N) is 1.